The molecule has 3 aromatic rings. The van der Waals surface area contributed by atoms with Crippen molar-refractivity contribution in [1.29, 1.82) is 15.8 Å². The predicted molar refractivity (Wildman–Crippen MR) is 119 cm³/mol. The molecule has 1 aromatic carbocycles. The van der Waals surface area contributed by atoms with E-state index in [4.69, 9.17) is 11.0 Å². The van der Waals surface area contributed by atoms with Crippen molar-refractivity contribution in [3.8, 4) is 29.3 Å². The third-order valence-electron chi connectivity index (χ3n) is 4.84. The standard InChI is InChI=1S/C22H12N6O2S2/c23-8-12-1-3-14(4-2-12)28-18(29)7-17(22(28)30)32-21-16(10-25)19(13-5-6-31-11-13)15(9-24)20(26)27-21/h1-6,11,17H,7H2,(H2,26,27). The van der Waals surface area contributed by atoms with Gasteiger partial charge in [-0.1, -0.05) is 11.8 Å². The summed E-state index contributed by atoms with van der Waals surface area (Å²) in [5.41, 5.74) is 8.04. The number of nitrogens with two attached hydrogens (primary N) is 1. The van der Waals surface area contributed by atoms with E-state index in [-0.39, 0.29) is 28.4 Å². The number of carbonyl (C=O) groups is 2. The Morgan fingerprint density at radius 3 is 2.38 bits per heavy atom. The Balaban J connectivity index is 1.71. The number of nitriles is 3. The minimum absolute atomic E-state index is 0.0454. The van der Waals surface area contributed by atoms with Crippen LogP contribution in [0.2, 0.25) is 0 Å². The zero-order chi connectivity index (χ0) is 22.8. The average molecular weight is 457 g/mol. The maximum Gasteiger partial charge on any atom is 0.247 e. The fraction of sp³-hybridized carbons (Fsp3) is 0.0909. The molecule has 4 rings (SSSR count). The number of hydrogen-bond acceptors (Lipinski definition) is 9. The maximum absolute atomic E-state index is 13.0. The number of thiophene rings is 1. The number of thioether (sulfide) groups is 1. The van der Waals surface area contributed by atoms with Crippen LogP contribution in [0.4, 0.5) is 11.5 Å². The van der Waals surface area contributed by atoms with Crippen molar-refractivity contribution in [2.45, 2.75) is 16.7 Å². The highest BCUT2D eigenvalue weighted by Crippen LogP contribution is 2.40. The van der Waals surface area contributed by atoms with Gasteiger partial charge in [0, 0.05) is 12.0 Å². The van der Waals surface area contributed by atoms with Crippen molar-refractivity contribution in [3.63, 3.8) is 0 Å². The number of hydrogen-bond donors (Lipinski definition) is 1. The second-order valence-corrected chi connectivity index (χ2v) is 8.67. The highest BCUT2D eigenvalue weighted by molar-refractivity contribution is 8.00. The van der Waals surface area contributed by atoms with E-state index in [1.54, 1.807) is 11.4 Å². The molecule has 10 heteroatoms. The van der Waals surface area contributed by atoms with Gasteiger partial charge in [-0.05, 0) is 46.7 Å². The number of benzene rings is 1. The molecule has 2 amide bonds. The molecule has 0 bridgehead atoms. The number of nitrogen functional groups attached to an aromatic ring is 1. The molecule has 2 aromatic heterocycles. The zero-order valence-electron chi connectivity index (χ0n) is 16.3. The topological polar surface area (TPSA) is 148 Å². The van der Waals surface area contributed by atoms with Crippen LogP contribution >= 0.6 is 23.1 Å². The number of carbonyl (C=O) groups excluding carboxylic acids is 2. The molecule has 2 N–H and O–H groups in total. The third-order valence-corrected chi connectivity index (χ3v) is 6.69. The first-order valence-electron chi connectivity index (χ1n) is 9.18. The fourth-order valence-corrected chi connectivity index (χ4v) is 5.13. The zero-order valence-corrected chi connectivity index (χ0v) is 17.9. The number of amides is 2. The monoisotopic (exact) mass is 456 g/mol. The number of nitrogens with zero attached hydrogens (tertiary/aromatic N) is 5. The van der Waals surface area contributed by atoms with E-state index in [1.807, 2.05) is 17.5 Å². The Kier molecular flexibility index (Phi) is 5.61. The molecule has 1 atom stereocenters. The minimum atomic E-state index is -0.805. The number of aromatic nitrogens is 1. The summed E-state index contributed by atoms with van der Waals surface area (Å²) in [4.78, 5) is 30.9. The van der Waals surface area contributed by atoms with Gasteiger partial charge < -0.3 is 5.73 Å². The molecule has 1 aliphatic heterocycles. The van der Waals surface area contributed by atoms with Crippen molar-refractivity contribution >= 4 is 46.4 Å². The Morgan fingerprint density at radius 1 is 1.06 bits per heavy atom. The van der Waals surface area contributed by atoms with Gasteiger partial charge in [0.1, 0.15) is 28.5 Å². The summed E-state index contributed by atoms with van der Waals surface area (Å²) in [5, 5.41) is 31.3. The molecule has 1 saturated heterocycles. The van der Waals surface area contributed by atoms with Crippen LogP contribution in [0.25, 0.3) is 11.1 Å². The van der Waals surface area contributed by atoms with Crippen LogP contribution in [-0.4, -0.2) is 22.0 Å². The second-order valence-electron chi connectivity index (χ2n) is 6.70. The van der Waals surface area contributed by atoms with Gasteiger partial charge in [-0.25, -0.2) is 9.88 Å². The van der Waals surface area contributed by atoms with Gasteiger partial charge in [-0.15, -0.1) is 0 Å². The van der Waals surface area contributed by atoms with Gasteiger partial charge in [0.25, 0.3) is 0 Å². The summed E-state index contributed by atoms with van der Waals surface area (Å²) >= 11 is 2.39. The summed E-state index contributed by atoms with van der Waals surface area (Å²) in [6.45, 7) is 0. The molecule has 0 spiro atoms. The van der Waals surface area contributed by atoms with E-state index in [0.717, 1.165) is 16.7 Å². The Labute approximate surface area is 191 Å². The molecule has 0 saturated carbocycles. The van der Waals surface area contributed by atoms with Crippen molar-refractivity contribution in [2.75, 3.05) is 10.6 Å². The predicted octanol–water partition coefficient (Wildman–Crippen LogP) is 3.43. The number of pyridine rings is 1. The van der Waals surface area contributed by atoms with E-state index in [0.29, 0.717) is 22.4 Å². The average Bonchev–Trinajstić information content (AvgIpc) is 3.42. The van der Waals surface area contributed by atoms with Crippen LogP contribution in [0.15, 0.2) is 46.1 Å². The first-order valence-corrected chi connectivity index (χ1v) is 11.0. The van der Waals surface area contributed by atoms with E-state index in [9.17, 15) is 20.1 Å². The van der Waals surface area contributed by atoms with Crippen molar-refractivity contribution in [2.24, 2.45) is 0 Å². The largest absolute Gasteiger partial charge is 0.383 e. The van der Waals surface area contributed by atoms with Gasteiger partial charge in [0.05, 0.1) is 28.1 Å². The summed E-state index contributed by atoms with van der Waals surface area (Å²) in [6, 6.07) is 14.0. The number of imide groups is 1. The van der Waals surface area contributed by atoms with Crippen LogP contribution < -0.4 is 10.6 Å². The van der Waals surface area contributed by atoms with E-state index in [2.05, 4.69) is 11.1 Å². The summed E-state index contributed by atoms with van der Waals surface area (Å²) in [7, 11) is 0. The first kappa shape index (κ1) is 21.1. The molecule has 32 heavy (non-hydrogen) atoms. The third kappa shape index (κ3) is 3.57. The Bertz CT molecular complexity index is 1360. The van der Waals surface area contributed by atoms with E-state index < -0.39 is 17.1 Å². The SMILES string of the molecule is N#Cc1ccc(N2C(=O)CC(Sc3nc(N)c(C#N)c(-c4ccsc4)c3C#N)C2=O)cc1. The minimum Gasteiger partial charge on any atom is -0.383 e. The van der Waals surface area contributed by atoms with E-state index >= 15 is 0 Å². The maximum atomic E-state index is 13.0. The molecule has 1 aliphatic rings. The highest BCUT2D eigenvalue weighted by Gasteiger charge is 2.41. The van der Waals surface area contributed by atoms with Gasteiger partial charge >= 0.3 is 0 Å². The molecule has 1 fully saturated rings. The number of anilines is 2. The van der Waals surface area contributed by atoms with Gasteiger partial charge in [-0.3, -0.25) is 9.59 Å². The normalized spacial score (nSPS) is 15.3. The van der Waals surface area contributed by atoms with Gasteiger partial charge in [0.2, 0.25) is 11.8 Å². The smallest absolute Gasteiger partial charge is 0.247 e. The molecule has 3 heterocycles. The van der Waals surface area contributed by atoms with Crippen LogP contribution in [0.1, 0.15) is 23.1 Å². The molecule has 154 valence electrons. The number of rotatable bonds is 4. The van der Waals surface area contributed by atoms with Crippen LogP contribution in [-0.2, 0) is 9.59 Å². The lowest BCUT2D eigenvalue weighted by Gasteiger charge is -2.16. The lowest BCUT2D eigenvalue weighted by atomic mass is 9.99. The van der Waals surface area contributed by atoms with Crippen LogP contribution in [0.5, 0.6) is 0 Å². The van der Waals surface area contributed by atoms with E-state index in [1.165, 1.54) is 35.6 Å². The van der Waals surface area contributed by atoms with Crippen molar-refractivity contribution in [1.82, 2.24) is 4.98 Å². The summed E-state index contributed by atoms with van der Waals surface area (Å²) < 4.78 is 0. The highest BCUT2D eigenvalue weighted by atomic mass is 32.2. The van der Waals surface area contributed by atoms with Gasteiger partial charge in [-0.2, -0.15) is 27.1 Å². The Morgan fingerprint density at radius 2 is 1.78 bits per heavy atom. The molecule has 8 nitrogen and oxygen atoms in total. The Hall–Kier alpha value is -4.17. The molecular formula is C22H12N6O2S2. The summed E-state index contributed by atoms with van der Waals surface area (Å²) in [6.07, 6.45) is -0.0796. The van der Waals surface area contributed by atoms with Crippen LogP contribution in [0, 0.1) is 34.0 Å². The quantitative estimate of drug-likeness (QED) is 0.587. The van der Waals surface area contributed by atoms with Crippen LogP contribution in [0.3, 0.4) is 0 Å². The fourth-order valence-electron chi connectivity index (χ4n) is 3.37. The van der Waals surface area contributed by atoms with Gasteiger partial charge in [0.15, 0.2) is 0 Å². The second kappa shape index (κ2) is 8.52. The lowest BCUT2D eigenvalue weighted by molar-refractivity contribution is -0.121. The van der Waals surface area contributed by atoms with Crippen molar-refractivity contribution in [3.05, 3.63) is 57.8 Å². The lowest BCUT2D eigenvalue weighted by Crippen LogP contribution is -2.31. The molecular weight excluding hydrogens is 444 g/mol. The van der Waals surface area contributed by atoms with Crippen molar-refractivity contribution < 1.29 is 9.59 Å². The molecule has 0 radical (unpaired) electrons. The first-order chi connectivity index (χ1) is 15.5. The molecule has 1 unspecified atom stereocenters. The summed E-state index contributed by atoms with van der Waals surface area (Å²) in [5.74, 6) is -0.887. The molecule has 0 aliphatic carbocycles.